The normalized spacial score (nSPS) is 21.4. The molecular weight excluding hydrogens is 300 g/mol. The maximum Gasteiger partial charge on any atom is 0.164 e. The molecule has 120 valence electrons. The summed E-state index contributed by atoms with van der Waals surface area (Å²) < 4.78 is 17.5. The quantitative estimate of drug-likeness (QED) is 0.755. The SMILES string of the molecule is C=C1C(c2ccccc2)=COC2=C1C(=C)C1=C(C/C=C\2)OCCO1. The summed E-state index contributed by atoms with van der Waals surface area (Å²) in [6.45, 7) is 9.63. The van der Waals surface area contributed by atoms with Crippen molar-refractivity contribution >= 4 is 5.57 Å². The van der Waals surface area contributed by atoms with Crippen LogP contribution in [0.5, 0.6) is 0 Å². The van der Waals surface area contributed by atoms with Crippen LogP contribution in [0.25, 0.3) is 5.57 Å². The number of allylic oxidation sites excluding steroid dienone is 5. The fourth-order valence-corrected chi connectivity index (χ4v) is 3.10. The molecule has 3 heteroatoms. The van der Waals surface area contributed by atoms with Crippen LogP contribution in [0.1, 0.15) is 12.0 Å². The van der Waals surface area contributed by atoms with E-state index in [1.165, 1.54) is 0 Å². The first-order chi connectivity index (χ1) is 11.8. The summed E-state index contributed by atoms with van der Waals surface area (Å²) in [4.78, 5) is 0. The van der Waals surface area contributed by atoms with Gasteiger partial charge in [0.15, 0.2) is 5.76 Å². The molecule has 0 saturated carbocycles. The minimum atomic E-state index is 0.527. The Morgan fingerprint density at radius 3 is 2.54 bits per heavy atom. The summed E-state index contributed by atoms with van der Waals surface area (Å²) in [5, 5.41) is 0. The molecule has 0 fully saturated rings. The second kappa shape index (κ2) is 5.93. The molecule has 1 aromatic rings. The first-order valence-corrected chi connectivity index (χ1v) is 7.97. The molecule has 0 unspecified atom stereocenters. The van der Waals surface area contributed by atoms with E-state index in [4.69, 9.17) is 14.2 Å². The zero-order chi connectivity index (χ0) is 16.5. The molecule has 2 aliphatic heterocycles. The third-order valence-electron chi connectivity index (χ3n) is 4.27. The fourth-order valence-electron chi connectivity index (χ4n) is 3.10. The number of hydrogen-bond acceptors (Lipinski definition) is 3. The zero-order valence-electron chi connectivity index (χ0n) is 13.4. The van der Waals surface area contributed by atoms with Crippen molar-refractivity contribution in [3.8, 4) is 0 Å². The van der Waals surface area contributed by atoms with Gasteiger partial charge in [0, 0.05) is 23.1 Å². The predicted molar refractivity (Wildman–Crippen MR) is 93.5 cm³/mol. The molecule has 0 aromatic heterocycles. The molecule has 0 atom stereocenters. The Balaban J connectivity index is 1.77. The molecule has 1 aliphatic carbocycles. The van der Waals surface area contributed by atoms with Crippen LogP contribution in [0, 0.1) is 0 Å². The van der Waals surface area contributed by atoms with Crippen LogP contribution in [-0.4, -0.2) is 13.2 Å². The van der Waals surface area contributed by atoms with E-state index >= 15 is 0 Å². The van der Waals surface area contributed by atoms with Crippen molar-refractivity contribution in [2.75, 3.05) is 13.2 Å². The zero-order valence-corrected chi connectivity index (χ0v) is 13.4. The summed E-state index contributed by atoms with van der Waals surface area (Å²) in [7, 11) is 0. The van der Waals surface area contributed by atoms with Crippen LogP contribution in [0.2, 0.25) is 0 Å². The minimum Gasteiger partial charge on any atom is -0.490 e. The number of benzene rings is 1. The van der Waals surface area contributed by atoms with Gasteiger partial charge in [0.1, 0.15) is 24.7 Å². The summed E-state index contributed by atoms with van der Waals surface area (Å²) in [5.41, 5.74) is 4.51. The van der Waals surface area contributed by atoms with Crippen molar-refractivity contribution < 1.29 is 14.2 Å². The van der Waals surface area contributed by atoms with Gasteiger partial charge >= 0.3 is 0 Å². The van der Waals surface area contributed by atoms with E-state index in [1.807, 2.05) is 42.5 Å². The molecule has 2 heterocycles. The van der Waals surface area contributed by atoms with Crippen molar-refractivity contribution in [3.63, 3.8) is 0 Å². The van der Waals surface area contributed by atoms with Gasteiger partial charge < -0.3 is 14.2 Å². The monoisotopic (exact) mass is 318 g/mol. The van der Waals surface area contributed by atoms with Crippen LogP contribution < -0.4 is 0 Å². The highest BCUT2D eigenvalue weighted by molar-refractivity contribution is 5.86. The molecular formula is C21H18O3. The second-order valence-corrected chi connectivity index (χ2v) is 5.77. The predicted octanol–water partition coefficient (Wildman–Crippen LogP) is 4.64. The lowest BCUT2D eigenvalue weighted by Crippen LogP contribution is -2.18. The molecule has 4 rings (SSSR count). The smallest absolute Gasteiger partial charge is 0.164 e. The lowest BCUT2D eigenvalue weighted by Gasteiger charge is -2.29. The first-order valence-electron chi connectivity index (χ1n) is 7.97. The standard InChI is InChI=1S/C21H18O3/c1-14-17(16-7-4-3-5-8-16)13-24-18-9-6-10-19-21(15(2)20(14)18)23-12-11-22-19/h3-9,13H,1-2,10-12H2/b9-6-. The van der Waals surface area contributed by atoms with E-state index in [1.54, 1.807) is 6.26 Å². The van der Waals surface area contributed by atoms with Crippen molar-refractivity contribution in [1.29, 1.82) is 0 Å². The number of hydrogen-bond donors (Lipinski definition) is 0. The minimum absolute atomic E-state index is 0.527. The van der Waals surface area contributed by atoms with Gasteiger partial charge in [-0.25, -0.2) is 0 Å². The van der Waals surface area contributed by atoms with E-state index < -0.39 is 0 Å². The highest BCUT2D eigenvalue weighted by Gasteiger charge is 2.29. The third kappa shape index (κ3) is 2.38. The molecule has 0 radical (unpaired) electrons. The molecule has 24 heavy (non-hydrogen) atoms. The number of ether oxygens (including phenoxy) is 3. The van der Waals surface area contributed by atoms with Crippen LogP contribution in [-0.2, 0) is 14.2 Å². The summed E-state index contributed by atoms with van der Waals surface area (Å²) in [6.07, 6.45) is 6.38. The average molecular weight is 318 g/mol. The van der Waals surface area contributed by atoms with Crippen LogP contribution in [0.3, 0.4) is 0 Å². The van der Waals surface area contributed by atoms with Crippen molar-refractivity contribution in [1.82, 2.24) is 0 Å². The summed E-state index contributed by atoms with van der Waals surface area (Å²) >= 11 is 0. The van der Waals surface area contributed by atoms with E-state index in [-0.39, 0.29) is 0 Å². The van der Waals surface area contributed by atoms with Gasteiger partial charge in [0.2, 0.25) is 0 Å². The third-order valence-corrected chi connectivity index (χ3v) is 4.27. The Hall–Kier alpha value is -2.94. The van der Waals surface area contributed by atoms with E-state index in [0.29, 0.717) is 25.4 Å². The first kappa shape index (κ1) is 14.6. The van der Waals surface area contributed by atoms with Crippen LogP contribution in [0.4, 0.5) is 0 Å². The maximum atomic E-state index is 5.90. The Bertz CT molecular complexity index is 835. The molecule has 0 amide bonds. The highest BCUT2D eigenvalue weighted by atomic mass is 16.6. The fraction of sp³-hybridized carbons (Fsp3) is 0.143. The van der Waals surface area contributed by atoms with E-state index in [9.17, 15) is 0 Å². The van der Waals surface area contributed by atoms with Gasteiger partial charge in [0.25, 0.3) is 0 Å². The lowest BCUT2D eigenvalue weighted by atomic mass is 9.86. The van der Waals surface area contributed by atoms with E-state index in [2.05, 4.69) is 13.2 Å². The lowest BCUT2D eigenvalue weighted by molar-refractivity contribution is 0.0652. The van der Waals surface area contributed by atoms with Gasteiger partial charge in [0.05, 0.1) is 6.26 Å². The molecule has 0 saturated heterocycles. The highest BCUT2D eigenvalue weighted by Crippen LogP contribution is 2.41. The topological polar surface area (TPSA) is 27.7 Å². The summed E-state index contributed by atoms with van der Waals surface area (Å²) in [6, 6.07) is 10.1. The molecule has 3 aliphatic rings. The van der Waals surface area contributed by atoms with Crippen molar-refractivity contribution in [3.05, 3.63) is 101 Å². The summed E-state index contributed by atoms with van der Waals surface area (Å²) in [5.74, 6) is 2.26. The van der Waals surface area contributed by atoms with Crippen molar-refractivity contribution in [2.45, 2.75) is 6.42 Å². The van der Waals surface area contributed by atoms with Gasteiger partial charge in [-0.2, -0.15) is 0 Å². The molecule has 0 bridgehead atoms. The Kier molecular flexibility index (Phi) is 3.62. The second-order valence-electron chi connectivity index (χ2n) is 5.77. The maximum absolute atomic E-state index is 5.90. The molecule has 0 N–H and O–H groups in total. The molecule has 0 spiro atoms. The molecule has 1 aromatic carbocycles. The largest absolute Gasteiger partial charge is 0.490 e. The Morgan fingerprint density at radius 2 is 1.71 bits per heavy atom. The van der Waals surface area contributed by atoms with Gasteiger partial charge in [-0.1, -0.05) is 49.6 Å². The van der Waals surface area contributed by atoms with E-state index in [0.717, 1.165) is 39.4 Å². The van der Waals surface area contributed by atoms with Gasteiger partial charge in [-0.3, -0.25) is 0 Å². The van der Waals surface area contributed by atoms with Gasteiger partial charge in [-0.05, 0) is 17.2 Å². The van der Waals surface area contributed by atoms with Gasteiger partial charge in [-0.15, -0.1) is 0 Å². The molecule has 3 nitrogen and oxygen atoms in total. The van der Waals surface area contributed by atoms with Crippen molar-refractivity contribution in [2.24, 2.45) is 0 Å². The Labute approximate surface area is 141 Å². The van der Waals surface area contributed by atoms with Crippen LogP contribution in [0.15, 0.2) is 95.9 Å². The average Bonchev–Trinajstić information content (AvgIpc) is 2.61. The Morgan fingerprint density at radius 1 is 0.917 bits per heavy atom. The number of rotatable bonds is 1. The van der Waals surface area contributed by atoms with Crippen LogP contribution >= 0.6 is 0 Å².